The molecule has 0 atom stereocenters. The number of rotatable bonds is 4. The molecule has 0 fully saturated rings. The lowest BCUT2D eigenvalue weighted by Crippen LogP contribution is -2.12. The maximum Gasteiger partial charge on any atom is 0.194 e. The van der Waals surface area contributed by atoms with Crippen LogP contribution in [-0.2, 0) is 0 Å². The van der Waals surface area contributed by atoms with E-state index in [1.165, 1.54) is 0 Å². The third-order valence-electron chi connectivity index (χ3n) is 1.56. The minimum absolute atomic E-state index is 0.136. The molecule has 1 N–H and O–H groups in total. The molecule has 1 aliphatic heterocycles. The number of nitrogens with zero attached hydrogens (tertiary/aromatic N) is 2. The molecular formula is C7H10N2O. The standard InChI is InChI=1S/C7H10N2O/c1-2-3-4-7(5-6-10)8-9-7/h1,10H,3-6H2. The Balaban J connectivity index is 2.19. The fraction of sp³-hybridized carbons (Fsp3) is 0.714. The summed E-state index contributed by atoms with van der Waals surface area (Å²) in [6, 6.07) is 0. The number of aliphatic hydroxyl groups excluding tert-OH is 1. The van der Waals surface area contributed by atoms with E-state index >= 15 is 0 Å². The topological polar surface area (TPSA) is 45.0 Å². The second-order valence-electron chi connectivity index (χ2n) is 2.36. The summed E-state index contributed by atoms with van der Waals surface area (Å²) in [5, 5.41) is 16.2. The Morgan fingerprint density at radius 3 is 2.50 bits per heavy atom. The Bertz CT molecular complexity index is 175. The molecule has 0 spiro atoms. The first-order valence-corrected chi connectivity index (χ1v) is 3.31. The summed E-state index contributed by atoms with van der Waals surface area (Å²) in [4.78, 5) is 0. The van der Waals surface area contributed by atoms with Crippen LogP contribution in [0.1, 0.15) is 19.3 Å². The molecule has 0 aromatic carbocycles. The van der Waals surface area contributed by atoms with Crippen LogP contribution in [0.4, 0.5) is 0 Å². The van der Waals surface area contributed by atoms with Gasteiger partial charge in [0.1, 0.15) is 0 Å². The molecule has 0 saturated carbocycles. The third-order valence-corrected chi connectivity index (χ3v) is 1.56. The van der Waals surface area contributed by atoms with Crippen molar-refractivity contribution >= 4 is 0 Å². The van der Waals surface area contributed by atoms with Crippen LogP contribution in [-0.4, -0.2) is 17.4 Å². The zero-order chi connectivity index (χ0) is 7.45. The normalized spacial score (nSPS) is 18.4. The molecule has 0 bridgehead atoms. The average molecular weight is 138 g/mol. The van der Waals surface area contributed by atoms with Crippen molar-refractivity contribution in [2.24, 2.45) is 10.2 Å². The molecule has 10 heavy (non-hydrogen) atoms. The van der Waals surface area contributed by atoms with Crippen LogP contribution in [0.5, 0.6) is 0 Å². The fourth-order valence-corrected chi connectivity index (χ4v) is 0.847. The van der Waals surface area contributed by atoms with Crippen molar-refractivity contribution in [2.45, 2.75) is 24.9 Å². The molecule has 0 saturated heterocycles. The van der Waals surface area contributed by atoms with Gasteiger partial charge in [-0.05, 0) is 0 Å². The van der Waals surface area contributed by atoms with Gasteiger partial charge in [0.15, 0.2) is 5.66 Å². The van der Waals surface area contributed by atoms with Crippen LogP contribution in [0.2, 0.25) is 0 Å². The van der Waals surface area contributed by atoms with E-state index in [0.717, 1.165) is 6.42 Å². The number of aliphatic hydroxyl groups is 1. The summed E-state index contributed by atoms with van der Waals surface area (Å²) < 4.78 is 0. The van der Waals surface area contributed by atoms with E-state index in [4.69, 9.17) is 11.5 Å². The van der Waals surface area contributed by atoms with Crippen LogP contribution >= 0.6 is 0 Å². The number of hydrogen-bond donors (Lipinski definition) is 1. The first-order valence-electron chi connectivity index (χ1n) is 3.31. The van der Waals surface area contributed by atoms with Crippen molar-refractivity contribution in [3.05, 3.63) is 0 Å². The van der Waals surface area contributed by atoms with E-state index in [0.29, 0.717) is 12.8 Å². The minimum atomic E-state index is -0.291. The quantitative estimate of drug-likeness (QED) is 0.577. The average Bonchev–Trinajstić information content (AvgIpc) is 2.67. The molecule has 0 unspecified atom stereocenters. The maximum absolute atomic E-state index is 8.57. The van der Waals surface area contributed by atoms with Gasteiger partial charge in [-0.25, -0.2) is 0 Å². The maximum atomic E-state index is 8.57. The first kappa shape index (κ1) is 7.23. The van der Waals surface area contributed by atoms with Gasteiger partial charge >= 0.3 is 0 Å². The van der Waals surface area contributed by atoms with Gasteiger partial charge in [0.05, 0.1) is 0 Å². The Hall–Kier alpha value is -0.880. The Morgan fingerprint density at radius 2 is 2.10 bits per heavy atom. The van der Waals surface area contributed by atoms with Gasteiger partial charge in [-0.3, -0.25) is 0 Å². The summed E-state index contributed by atoms with van der Waals surface area (Å²) >= 11 is 0. The molecule has 0 aromatic heterocycles. The molecule has 1 aliphatic rings. The Kier molecular flexibility index (Phi) is 2.03. The lowest BCUT2D eigenvalue weighted by atomic mass is 10.1. The SMILES string of the molecule is C#CCCC1(CCO)N=N1. The zero-order valence-electron chi connectivity index (χ0n) is 5.75. The second-order valence-corrected chi connectivity index (χ2v) is 2.36. The monoisotopic (exact) mass is 138 g/mol. The highest BCUT2D eigenvalue weighted by Gasteiger charge is 2.38. The third kappa shape index (κ3) is 1.55. The van der Waals surface area contributed by atoms with E-state index in [-0.39, 0.29) is 12.3 Å². The van der Waals surface area contributed by atoms with E-state index in [2.05, 4.69) is 16.1 Å². The highest BCUT2D eigenvalue weighted by atomic mass is 16.3. The molecule has 3 heteroatoms. The van der Waals surface area contributed by atoms with Crippen molar-refractivity contribution < 1.29 is 5.11 Å². The number of hydrogen-bond acceptors (Lipinski definition) is 3. The summed E-state index contributed by atoms with van der Waals surface area (Å²) in [5.41, 5.74) is -0.291. The van der Waals surface area contributed by atoms with Gasteiger partial charge in [-0.2, -0.15) is 10.2 Å². The summed E-state index contributed by atoms with van der Waals surface area (Å²) in [6.45, 7) is 0.136. The molecule has 3 nitrogen and oxygen atoms in total. The molecule has 0 amide bonds. The van der Waals surface area contributed by atoms with Crippen LogP contribution < -0.4 is 0 Å². The molecule has 1 rings (SSSR count). The molecular weight excluding hydrogens is 128 g/mol. The van der Waals surface area contributed by atoms with E-state index in [1.807, 2.05) is 0 Å². The number of terminal acetylenes is 1. The molecule has 0 aromatic rings. The van der Waals surface area contributed by atoms with Crippen molar-refractivity contribution in [2.75, 3.05) is 6.61 Å². The Labute approximate surface area is 60.2 Å². The first-order chi connectivity index (χ1) is 4.83. The lowest BCUT2D eigenvalue weighted by Gasteiger charge is -2.04. The molecule has 0 aliphatic carbocycles. The molecule has 1 heterocycles. The van der Waals surface area contributed by atoms with Gasteiger partial charge in [0.2, 0.25) is 0 Å². The van der Waals surface area contributed by atoms with Crippen molar-refractivity contribution in [3.8, 4) is 12.3 Å². The highest BCUT2D eigenvalue weighted by Crippen LogP contribution is 2.35. The van der Waals surface area contributed by atoms with E-state index in [1.54, 1.807) is 0 Å². The lowest BCUT2D eigenvalue weighted by molar-refractivity contribution is 0.263. The van der Waals surface area contributed by atoms with E-state index < -0.39 is 0 Å². The fourth-order valence-electron chi connectivity index (χ4n) is 0.847. The predicted octanol–water partition coefficient (Wildman–Crippen LogP) is 0.944. The summed E-state index contributed by atoms with van der Waals surface area (Å²) in [7, 11) is 0. The van der Waals surface area contributed by atoms with Crippen molar-refractivity contribution in [1.82, 2.24) is 0 Å². The highest BCUT2D eigenvalue weighted by molar-refractivity contribution is 4.97. The largest absolute Gasteiger partial charge is 0.396 e. The van der Waals surface area contributed by atoms with Crippen LogP contribution in [0.15, 0.2) is 10.2 Å². The zero-order valence-corrected chi connectivity index (χ0v) is 5.75. The predicted molar refractivity (Wildman–Crippen MR) is 37.4 cm³/mol. The second kappa shape index (κ2) is 2.80. The van der Waals surface area contributed by atoms with Crippen LogP contribution in [0.25, 0.3) is 0 Å². The van der Waals surface area contributed by atoms with Gasteiger partial charge in [-0.15, -0.1) is 12.3 Å². The Morgan fingerprint density at radius 1 is 1.40 bits per heavy atom. The van der Waals surface area contributed by atoms with Gasteiger partial charge in [-0.1, -0.05) is 0 Å². The molecule has 0 radical (unpaired) electrons. The van der Waals surface area contributed by atoms with Gasteiger partial charge in [0, 0.05) is 25.9 Å². The van der Waals surface area contributed by atoms with Crippen molar-refractivity contribution in [3.63, 3.8) is 0 Å². The van der Waals surface area contributed by atoms with Crippen LogP contribution in [0.3, 0.4) is 0 Å². The molecule has 54 valence electrons. The van der Waals surface area contributed by atoms with Crippen molar-refractivity contribution in [1.29, 1.82) is 0 Å². The minimum Gasteiger partial charge on any atom is -0.396 e. The van der Waals surface area contributed by atoms with Gasteiger partial charge in [0.25, 0.3) is 0 Å². The smallest absolute Gasteiger partial charge is 0.194 e. The van der Waals surface area contributed by atoms with Gasteiger partial charge < -0.3 is 5.11 Å². The van der Waals surface area contributed by atoms with E-state index in [9.17, 15) is 0 Å². The summed E-state index contributed by atoms with van der Waals surface area (Å²) in [6.07, 6.45) is 7.15. The summed E-state index contributed by atoms with van der Waals surface area (Å²) in [5.74, 6) is 2.52. The van der Waals surface area contributed by atoms with Crippen LogP contribution in [0, 0.1) is 12.3 Å².